The maximum absolute atomic E-state index is 12.4. The molecule has 0 spiro atoms. The molecule has 1 unspecified atom stereocenters. The fraction of sp³-hybridized carbons (Fsp3) is 0.350. The molecule has 1 saturated carbocycles. The molecule has 1 heterocycles. The predicted octanol–water partition coefficient (Wildman–Crippen LogP) is 3.76. The van der Waals surface area contributed by atoms with E-state index in [0.29, 0.717) is 12.5 Å². The molecule has 4 rings (SSSR count). The number of carbonyl (C=O) groups is 1. The summed E-state index contributed by atoms with van der Waals surface area (Å²) < 4.78 is 10.7. The summed E-state index contributed by atoms with van der Waals surface area (Å²) in [5, 5.41) is 6.10. The van der Waals surface area contributed by atoms with Crippen molar-refractivity contribution >= 4 is 6.03 Å². The van der Waals surface area contributed by atoms with Gasteiger partial charge in [-0.15, -0.1) is 0 Å². The molecule has 130 valence electrons. The lowest BCUT2D eigenvalue weighted by molar-refractivity contribution is 0.174. The van der Waals surface area contributed by atoms with Crippen molar-refractivity contribution in [2.75, 3.05) is 6.79 Å². The van der Waals surface area contributed by atoms with Gasteiger partial charge in [-0.3, -0.25) is 0 Å². The van der Waals surface area contributed by atoms with E-state index >= 15 is 0 Å². The molecule has 2 amide bonds. The van der Waals surface area contributed by atoms with Gasteiger partial charge in [0.05, 0.1) is 6.04 Å². The number of rotatable bonds is 5. The van der Waals surface area contributed by atoms with E-state index < -0.39 is 0 Å². The van der Waals surface area contributed by atoms with Crippen LogP contribution in [0.15, 0.2) is 48.5 Å². The van der Waals surface area contributed by atoms with Crippen molar-refractivity contribution in [1.29, 1.82) is 0 Å². The normalized spacial score (nSPS) is 16.8. The molecule has 5 nitrogen and oxygen atoms in total. The molecule has 0 aromatic heterocycles. The number of urea groups is 1. The maximum atomic E-state index is 12.4. The van der Waals surface area contributed by atoms with Gasteiger partial charge in [0.1, 0.15) is 0 Å². The SMILES string of the molecule is O=C(NCc1ccc2c(c1)OCO2)NC(c1ccccc1)C1CCC1. The van der Waals surface area contributed by atoms with Crippen molar-refractivity contribution < 1.29 is 14.3 Å². The lowest BCUT2D eigenvalue weighted by Crippen LogP contribution is -2.41. The highest BCUT2D eigenvalue weighted by molar-refractivity contribution is 5.74. The third kappa shape index (κ3) is 3.55. The van der Waals surface area contributed by atoms with Crippen LogP contribution in [-0.2, 0) is 6.54 Å². The molecule has 2 aliphatic rings. The summed E-state index contributed by atoms with van der Waals surface area (Å²) >= 11 is 0. The van der Waals surface area contributed by atoms with Gasteiger partial charge >= 0.3 is 6.03 Å². The Bertz CT molecular complexity index is 744. The molecule has 2 aromatic rings. The minimum atomic E-state index is -0.140. The summed E-state index contributed by atoms with van der Waals surface area (Å²) in [4.78, 5) is 12.4. The highest BCUT2D eigenvalue weighted by atomic mass is 16.7. The van der Waals surface area contributed by atoms with Crippen molar-refractivity contribution in [2.24, 2.45) is 5.92 Å². The highest BCUT2D eigenvalue weighted by Gasteiger charge is 2.29. The van der Waals surface area contributed by atoms with E-state index in [2.05, 4.69) is 22.8 Å². The molecule has 0 bridgehead atoms. The zero-order valence-corrected chi connectivity index (χ0v) is 14.0. The molecular formula is C20H22N2O3. The predicted molar refractivity (Wildman–Crippen MR) is 94.5 cm³/mol. The van der Waals surface area contributed by atoms with Gasteiger partial charge in [0.2, 0.25) is 6.79 Å². The standard InChI is InChI=1S/C20H22N2O3/c23-20(21-12-14-9-10-17-18(11-14)25-13-24-17)22-19(16-7-4-8-16)15-5-2-1-3-6-15/h1-3,5-6,9-11,16,19H,4,7-8,12-13H2,(H2,21,22,23). The largest absolute Gasteiger partial charge is 0.454 e. The number of fused-ring (bicyclic) bond motifs is 1. The number of amides is 2. The average molecular weight is 338 g/mol. The maximum Gasteiger partial charge on any atom is 0.315 e. The summed E-state index contributed by atoms with van der Waals surface area (Å²) in [6, 6.07) is 15.9. The van der Waals surface area contributed by atoms with Gasteiger partial charge in [-0.1, -0.05) is 42.8 Å². The first kappa shape index (κ1) is 15.8. The summed E-state index contributed by atoms with van der Waals surface area (Å²) in [6.07, 6.45) is 3.58. The van der Waals surface area contributed by atoms with Crippen LogP contribution in [0.3, 0.4) is 0 Å². The second kappa shape index (κ2) is 7.05. The van der Waals surface area contributed by atoms with Gasteiger partial charge < -0.3 is 20.1 Å². The van der Waals surface area contributed by atoms with Gasteiger partial charge in [-0.05, 0) is 42.0 Å². The second-order valence-electron chi connectivity index (χ2n) is 6.59. The van der Waals surface area contributed by atoms with E-state index in [9.17, 15) is 4.79 Å². The summed E-state index contributed by atoms with van der Waals surface area (Å²) in [7, 11) is 0. The van der Waals surface area contributed by atoms with Crippen LogP contribution >= 0.6 is 0 Å². The van der Waals surface area contributed by atoms with E-state index in [-0.39, 0.29) is 18.9 Å². The van der Waals surface area contributed by atoms with E-state index in [1.807, 2.05) is 36.4 Å². The molecule has 1 fully saturated rings. The van der Waals surface area contributed by atoms with Crippen LogP contribution in [0.1, 0.15) is 36.4 Å². The Hall–Kier alpha value is -2.69. The number of carbonyl (C=O) groups excluding carboxylic acids is 1. The van der Waals surface area contributed by atoms with Crippen LogP contribution in [0.2, 0.25) is 0 Å². The van der Waals surface area contributed by atoms with Gasteiger partial charge in [0, 0.05) is 6.54 Å². The fourth-order valence-electron chi connectivity index (χ4n) is 3.33. The Labute approximate surface area is 147 Å². The van der Waals surface area contributed by atoms with Gasteiger partial charge in [-0.25, -0.2) is 4.79 Å². The summed E-state index contributed by atoms with van der Waals surface area (Å²) in [5.74, 6) is 2.01. The zero-order valence-electron chi connectivity index (χ0n) is 14.0. The van der Waals surface area contributed by atoms with E-state index in [1.54, 1.807) is 0 Å². The number of hydrogen-bond acceptors (Lipinski definition) is 3. The van der Waals surface area contributed by atoms with Crippen molar-refractivity contribution in [2.45, 2.75) is 31.8 Å². The van der Waals surface area contributed by atoms with Crippen LogP contribution < -0.4 is 20.1 Å². The van der Waals surface area contributed by atoms with Gasteiger partial charge in [0.25, 0.3) is 0 Å². The Balaban J connectivity index is 1.37. The van der Waals surface area contributed by atoms with E-state index in [1.165, 1.54) is 24.8 Å². The summed E-state index contributed by atoms with van der Waals surface area (Å²) in [5.41, 5.74) is 2.16. The third-order valence-corrected chi connectivity index (χ3v) is 4.96. The van der Waals surface area contributed by atoms with Crippen molar-refractivity contribution in [1.82, 2.24) is 10.6 Å². The number of hydrogen-bond donors (Lipinski definition) is 2. The Morgan fingerprint density at radius 2 is 1.88 bits per heavy atom. The first-order valence-corrected chi connectivity index (χ1v) is 8.77. The van der Waals surface area contributed by atoms with E-state index in [4.69, 9.17) is 9.47 Å². The molecule has 2 aromatic carbocycles. The second-order valence-corrected chi connectivity index (χ2v) is 6.59. The quantitative estimate of drug-likeness (QED) is 0.873. The first-order valence-electron chi connectivity index (χ1n) is 8.77. The molecule has 5 heteroatoms. The number of ether oxygens (including phenoxy) is 2. The number of nitrogens with one attached hydrogen (secondary N) is 2. The minimum Gasteiger partial charge on any atom is -0.454 e. The number of benzene rings is 2. The minimum absolute atomic E-state index is 0.0757. The smallest absolute Gasteiger partial charge is 0.315 e. The lowest BCUT2D eigenvalue weighted by atomic mass is 9.77. The molecule has 2 N–H and O–H groups in total. The average Bonchev–Trinajstić information content (AvgIpc) is 3.06. The van der Waals surface area contributed by atoms with Crippen molar-refractivity contribution in [3.63, 3.8) is 0 Å². The van der Waals surface area contributed by atoms with Gasteiger partial charge in [-0.2, -0.15) is 0 Å². The van der Waals surface area contributed by atoms with Crippen LogP contribution in [0.5, 0.6) is 11.5 Å². The molecule has 1 atom stereocenters. The topological polar surface area (TPSA) is 59.6 Å². The monoisotopic (exact) mass is 338 g/mol. The van der Waals surface area contributed by atoms with Crippen LogP contribution in [-0.4, -0.2) is 12.8 Å². The zero-order chi connectivity index (χ0) is 17.1. The van der Waals surface area contributed by atoms with Gasteiger partial charge in [0.15, 0.2) is 11.5 Å². The summed E-state index contributed by atoms with van der Waals surface area (Å²) in [6.45, 7) is 0.710. The Kier molecular flexibility index (Phi) is 4.46. The molecule has 1 aliphatic carbocycles. The molecule has 0 radical (unpaired) electrons. The fourth-order valence-corrected chi connectivity index (χ4v) is 3.33. The first-order chi connectivity index (χ1) is 12.3. The molecule has 0 saturated heterocycles. The molecular weight excluding hydrogens is 316 g/mol. The highest BCUT2D eigenvalue weighted by Crippen LogP contribution is 2.37. The third-order valence-electron chi connectivity index (χ3n) is 4.96. The van der Waals surface area contributed by atoms with Crippen LogP contribution in [0, 0.1) is 5.92 Å². The molecule has 1 aliphatic heterocycles. The van der Waals surface area contributed by atoms with E-state index in [0.717, 1.165) is 17.1 Å². The molecule has 25 heavy (non-hydrogen) atoms. The van der Waals surface area contributed by atoms with Crippen LogP contribution in [0.25, 0.3) is 0 Å². The van der Waals surface area contributed by atoms with Crippen LogP contribution in [0.4, 0.5) is 4.79 Å². The Morgan fingerprint density at radius 1 is 1.08 bits per heavy atom. The van der Waals surface area contributed by atoms with Crippen molar-refractivity contribution in [3.8, 4) is 11.5 Å². The Morgan fingerprint density at radius 3 is 2.64 bits per heavy atom. The lowest BCUT2D eigenvalue weighted by Gasteiger charge is -2.34. The van der Waals surface area contributed by atoms with Crippen molar-refractivity contribution in [3.05, 3.63) is 59.7 Å².